The third-order valence-corrected chi connectivity index (χ3v) is 0.833. The van der Waals surface area contributed by atoms with Gasteiger partial charge in [0, 0.05) is 0 Å². The molecule has 23 valence electrons. The molecule has 0 aromatic carbocycles. The molecule has 0 aliphatic rings. The standard InChI is InChI=1S/C3H3O.Zn/c1-2-3-4;/h2H,1H2;. The van der Waals surface area contributed by atoms with Crippen LogP contribution in [-0.2, 0) is 23.1 Å². The fourth-order valence-corrected chi connectivity index (χ4v) is 0. The van der Waals surface area contributed by atoms with Gasteiger partial charge in [-0.25, -0.2) is 0 Å². The van der Waals surface area contributed by atoms with Crippen LogP contribution in [0.2, 0.25) is 0 Å². The summed E-state index contributed by atoms with van der Waals surface area (Å²) in [5.41, 5.74) is 0. The predicted molar refractivity (Wildman–Crippen MR) is 15.2 cm³/mol. The van der Waals surface area contributed by atoms with Crippen molar-refractivity contribution in [2.45, 2.75) is 0 Å². The van der Waals surface area contributed by atoms with Crippen molar-refractivity contribution < 1.29 is 23.1 Å². The van der Waals surface area contributed by atoms with Crippen LogP contribution in [0.1, 0.15) is 0 Å². The summed E-state index contributed by atoms with van der Waals surface area (Å²) in [7, 11) is 0. The summed E-state index contributed by atoms with van der Waals surface area (Å²) in [5.74, 6) is 0. The molecule has 0 heterocycles. The van der Waals surface area contributed by atoms with Gasteiger partial charge < -0.3 is 0 Å². The molecule has 0 bridgehead atoms. The molecule has 0 N–H and O–H groups in total. The van der Waals surface area contributed by atoms with Crippen molar-refractivity contribution in [2.75, 3.05) is 0 Å². The molecule has 0 saturated carbocycles. The van der Waals surface area contributed by atoms with E-state index in [4.69, 9.17) is 0 Å². The molecule has 0 unspecified atom stereocenters. The molecule has 0 atom stereocenters. The second-order valence-electron chi connectivity index (χ2n) is 0.670. The zero-order valence-corrected chi connectivity index (χ0v) is 5.87. The molecule has 0 saturated heterocycles. The van der Waals surface area contributed by atoms with Gasteiger partial charge in [0.2, 0.25) is 0 Å². The molecule has 0 amide bonds. The van der Waals surface area contributed by atoms with Gasteiger partial charge in [0.05, 0.1) is 0 Å². The Balaban J connectivity index is 3.20. The molecule has 2 heteroatoms. The van der Waals surface area contributed by atoms with E-state index in [-0.39, 0.29) is 4.38 Å². The second kappa shape index (κ2) is 2.28. The molecule has 0 radical (unpaired) electrons. The van der Waals surface area contributed by atoms with E-state index in [9.17, 15) is 4.79 Å². The maximum absolute atomic E-state index is 9.75. The van der Waals surface area contributed by atoms with Crippen LogP contribution in [0.25, 0.3) is 0 Å². The number of carbonyl (C=O) groups excluding carboxylic acids is 1. The van der Waals surface area contributed by atoms with Crippen molar-refractivity contribution in [3.63, 3.8) is 0 Å². The molecule has 0 aliphatic heterocycles. The van der Waals surface area contributed by atoms with Crippen LogP contribution < -0.4 is 0 Å². The van der Waals surface area contributed by atoms with Gasteiger partial charge in [-0.3, -0.25) is 0 Å². The van der Waals surface area contributed by atoms with Crippen molar-refractivity contribution in [3.8, 4) is 0 Å². The van der Waals surface area contributed by atoms with Crippen LogP contribution in [0.4, 0.5) is 0 Å². The van der Waals surface area contributed by atoms with Gasteiger partial charge >= 0.3 is 40.1 Å². The fourth-order valence-electron chi connectivity index (χ4n) is 0. The van der Waals surface area contributed by atoms with E-state index >= 15 is 0 Å². The summed E-state index contributed by atoms with van der Waals surface area (Å²) < 4.78 is 0.144. The zero-order chi connectivity index (χ0) is 4.28. The molecule has 0 spiro atoms. The predicted octanol–water partition coefficient (Wildman–Crippen LogP) is 0.246. The maximum atomic E-state index is 9.75. The van der Waals surface area contributed by atoms with Gasteiger partial charge in [-0.2, -0.15) is 0 Å². The van der Waals surface area contributed by atoms with Crippen LogP contribution in [0, 0.1) is 0 Å². The van der Waals surface area contributed by atoms with E-state index in [0.717, 1.165) is 0 Å². The van der Waals surface area contributed by atoms with Crippen molar-refractivity contribution in [3.05, 3.63) is 12.7 Å². The molecular weight excluding hydrogens is 117 g/mol. The van der Waals surface area contributed by atoms with Gasteiger partial charge in [-0.05, 0) is 0 Å². The molecule has 0 rings (SSSR count). The Bertz CT molecular complexity index is 57.9. The Labute approximate surface area is 40.7 Å². The van der Waals surface area contributed by atoms with Gasteiger partial charge in [-0.1, -0.05) is 0 Å². The molecule has 0 aromatic heterocycles. The molecule has 0 aromatic rings. The van der Waals surface area contributed by atoms with E-state index < -0.39 is 0 Å². The zero-order valence-electron chi connectivity index (χ0n) is 2.90. The van der Waals surface area contributed by atoms with Crippen molar-refractivity contribution in [1.82, 2.24) is 0 Å². The SMILES string of the molecule is C=C[C](=O)[Zn]. The first-order valence-electron chi connectivity index (χ1n) is 1.25. The first kappa shape index (κ1) is 5.03. The quantitative estimate of drug-likeness (QED) is 0.358. The second-order valence-corrected chi connectivity index (χ2v) is 2.13. The Morgan fingerprint density at radius 1 is 2.00 bits per heavy atom. The molecule has 0 fully saturated rings. The van der Waals surface area contributed by atoms with E-state index in [2.05, 4.69) is 6.58 Å². The molecule has 0 aliphatic carbocycles. The number of rotatable bonds is 1. The van der Waals surface area contributed by atoms with E-state index in [1.165, 1.54) is 6.08 Å². The minimum atomic E-state index is 0.144. The molecular formula is C3H3OZn. The van der Waals surface area contributed by atoms with Gasteiger partial charge in [-0.15, -0.1) is 0 Å². The third-order valence-electron chi connectivity index (χ3n) is 0.228. The summed E-state index contributed by atoms with van der Waals surface area (Å²) in [6, 6.07) is 0. The fraction of sp³-hybridized carbons (Fsp3) is 0. The Morgan fingerprint density at radius 2 is 2.20 bits per heavy atom. The van der Waals surface area contributed by atoms with E-state index in [1.54, 1.807) is 0 Å². The Kier molecular flexibility index (Phi) is 2.30. The number of carbonyl (C=O) groups is 1. The van der Waals surface area contributed by atoms with Gasteiger partial charge in [0.15, 0.2) is 0 Å². The van der Waals surface area contributed by atoms with Crippen molar-refractivity contribution in [1.29, 1.82) is 0 Å². The average molecular weight is 120 g/mol. The van der Waals surface area contributed by atoms with Gasteiger partial charge in [0.1, 0.15) is 0 Å². The van der Waals surface area contributed by atoms with Gasteiger partial charge in [0.25, 0.3) is 0 Å². The Morgan fingerprint density at radius 3 is 2.20 bits per heavy atom. The van der Waals surface area contributed by atoms with Crippen LogP contribution >= 0.6 is 0 Å². The monoisotopic (exact) mass is 119 g/mol. The van der Waals surface area contributed by atoms with E-state index in [0.29, 0.717) is 18.3 Å². The van der Waals surface area contributed by atoms with E-state index in [1.807, 2.05) is 0 Å². The summed E-state index contributed by atoms with van der Waals surface area (Å²) >= 11 is 0.698. The van der Waals surface area contributed by atoms with Crippen molar-refractivity contribution >= 4 is 4.38 Å². The minimum absolute atomic E-state index is 0.144. The first-order valence-corrected chi connectivity index (χ1v) is 2.74. The summed E-state index contributed by atoms with van der Waals surface area (Å²) in [4.78, 5) is 9.75. The van der Waals surface area contributed by atoms with Crippen LogP contribution in [0.5, 0.6) is 0 Å². The number of hydrogen-bond acceptors (Lipinski definition) is 1. The van der Waals surface area contributed by atoms with Crippen LogP contribution in [0.3, 0.4) is 0 Å². The average Bonchev–Trinajstić information content (AvgIpc) is 1.38. The summed E-state index contributed by atoms with van der Waals surface area (Å²) in [6.07, 6.45) is 1.33. The number of hydrogen-bond donors (Lipinski definition) is 0. The van der Waals surface area contributed by atoms with Crippen molar-refractivity contribution in [2.24, 2.45) is 0 Å². The molecule has 1 nitrogen and oxygen atoms in total. The Hall–Kier alpha value is 0.0334. The third kappa shape index (κ3) is 4.03. The number of allylic oxidation sites excluding steroid dienone is 1. The summed E-state index contributed by atoms with van der Waals surface area (Å²) in [5, 5.41) is 0. The van der Waals surface area contributed by atoms with Crippen LogP contribution in [0.15, 0.2) is 12.7 Å². The summed E-state index contributed by atoms with van der Waals surface area (Å²) in [6.45, 7) is 3.24. The topological polar surface area (TPSA) is 17.1 Å². The first-order chi connectivity index (χ1) is 2.27. The van der Waals surface area contributed by atoms with Crippen LogP contribution in [-0.4, -0.2) is 4.38 Å². The normalized spacial score (nSPS) is 6.80. The molecule has 5 heavy (non-hydrogen) atoms.